The summed E-state index contributed by atoms with van der Waals surface area (Å²) in [4.78, 5) is 21.5. The summed E-state index contributed by atoms with van der Waals surface area (Å²) in [5.74, 6) is -0.641. The number of hydrogen-bond acceptors (Lipinski definition) is 8. The van der Waals surface area contributed by atoms with Crippen molar-refractivity contribution in [2.75, 3.05) is 44.1 Å². The maximum absolute atomic E-state index is 15.6. The Balaban J connectivity index is 1.58. The van der Waals surface area contributed by atoms with Gasteiger partial charge in [-0.1, -0.05) is 24.6 Å². The molecular formula is C31H37FN4O5S. The number of anilines is 1. The molecule has 0 radical (unpaired) electrons. The van der Waals surface area contributed by atoms with Crippen molar-refractivity contribution < 1.29 is 27.1 Å². The summed E-state index contributed by atoms with van der Waals surface area (Å²) in [5, 5.41) is 3.34. The van der Waals surface area contributed by atoms with Crippen molar-refractivity contribution in [2.45, 2.75) is 49.5 Å². The Morgan fingerprint density at radius 3 is 2.40 bits per heavy atom. The number of aromatic nitrogens is 1. The highest BCUT2D eigenvalue weighted by Crippen LogP contribution is 2.51. The number of methoxy groups -OCH3 is 1. The van der Waals surface area contributed by atoms with Crippen LogP contribution in [0.3, 0.4) is 0 Å². The standard InChI is InChI=1S/C31H37FN4O5S/c1-22(2)41-23-10-12-24(13-11-23)42(38,39)36-27-14-15-28(40-3)34-29(27)31(30(36)37,25-8-4-5-9-26(25)32)16-6-7-19-35-20-17-33-18-21-35/h4-5,8-15,22,33H,6-7,16-21H2,1-3H3. The van der Waals surface area contributed by atoms with Crippen LogP contribution in [0.5, 0.6) is 11.6 Å². The SMILES string of the molecule is COc1ccc2c(n1)C(CCCCN1CCNCC1)(c1ccccc1F)C(=O)N2S(=O)(=O)c1ccc(OC(C)C)cc1. The summed E-state index contributed by atoms with van der Waals surface area (Å²) < 4.78 is 55.7. The Bertz CT molecular complexity index is 1530. The molecule has 2 aromatic carbocycles. The summed E-state index contributed by atoms with van der Waals surface area (Å²) >= 11 is 0. The van der Waals surface area contributed by atoms with Gasteiger partial charge in [0.1, 0.15) is 17.0 Å². The van der Waals surface area contributed by atoms with Gasteiger partial charge in [0.2, 0.25) is 5.88 Å². The molecule has 9 nitrogen and oxygen atoms in total. The van der Waals surface area contributed by atoms with E-state index >= 15 is 4.39 Å². The van der Waals surface area contributed by atoms with Crippen molar-refractivity contribution in [3.8, 4) is 11.6 Å². The molecule has 3 aromatic rings. The number of fused-ring (bicyclic) bond motifs is 1. The number of unbranched alkanes of at least 4 members (excludes halogenated alkanes) is 1. The minimum Gasteiger partial charge on any atom is -0.491 e. The Hall–Kier alpha value is -3.54. The average molecular weight is 597 g/mol. The molecule has 1 saturated heterocycles. The number of hydrogen-bond donors (Lipinski definition) is 1. The van der Waals surface area contributed by atoms with Crippen LogP contribution in [-0.2, 0) is 20.2 Å². The van der Waals surface area contributed by atoms with E-state index in [2.05, 4.69) is 15.2 Å². The third kappa shape index (κ3) is 5.60. The van der Waals surface area contributed by atoms with E-state index in [4.69, 9.17) is 9.47 Å². The summed E-state index contributed by atoms with van der Waals surface area (Å²) in [6.45, 7) is 8.29. The highest BCUT2D eigenvalue weighted by atomic mass is 32.2. The van der Waals surface area contributed by atoms with Crippen LogP contribution in [0.15, 0.2) is 65.6 Å². The first-order valence-electron chi connectivity index (χ1n) is 14.3. The van der Waals surface area contributed by atoms with Gasteiger partial charge < -0.3 is 19.7 Å². The summed E-state index contributed by atoms with van der Waals surface area (Å²) in [7, 11) is -2.95. The normalized spacial score (nSPS) is 19.3. The van der Waals surface area contributed by atoms with Crippen LogP contribution in [0.4, 0.5) is 10.1 Å². The van der Waals surface area contributed by atoms with Crippen molar-refractivity contribution in [2.24, 2.45) is 0 Å². The van der Waals surface area contributed by atoms with Crippen molar-refractivity contribution in [1.29, 1.82) is 0 Å². The predicted octanol–water partition coefficient (Wildman–Crippen LogP) is 4.11. The van der Waals surface area contributed by atoms with Gasteiger partial charge in [0.15, 0.2) is 0 Å². The number of benzene rings is 2. The number of carbonyl (C=O) groups is 1. The molecule has 0 aliphatic carbocycles. The van der Waals surface area contributed by atoms with Gasteiger partial charge in [0, 0.05) is 37.8 Å². The second-order valence-electron chi connectivity index (χ2n) is 10.9. The molecule has 1 atom stereocenters. The molecule has 0 spiro atoms. The van der Waals surface area contributed by atoms with Crippen molar-refractivity contribution in [1.82, 2.24) is 15.2 Å². The first-order chi connectivity index (χ1) is 20.2. The second kappa shape index (κ2) is 12.4. The zero-order valence-electron chi connectivity index (χ0n) is 24.2. The van der Waals surface area contributed by atoms with Gasteiger partial charge in [-0.25, -0.2) is 17.8 Å². The third-order valence-electron chi connectivity index (χ3n) is 7.78. The molecular weight excluding hydrogens is 559 g/mol. The van der Waals surface area contributed by atoms with Crippen LogP contribution in [0.2, 0.25) is 0 Å². The van der Waals surface area contributed by atoms with Gasteiger partial charge >= 0.3 is 0 Å². The fraction of sp³-hybridized carbons (Fsp3) is 0.419. The van der Waals surface area contributed by atoms with E-state index in [1.807, 2.05) is 13.8 Å². The van der Waals surface area contributed by atoms with Crippen LogP contribution in [-0.4, -0.2) is 70.1 Å². The Kier molecular flexibility index (Phi) is 8.81. The van der Waals surface area contributed by atoms with E-state index in [1.165, 1.54) is 37.4 Å². The number of amides is 1. The number of rotatable bonds is 11. The van der Waals surface area contributed by atoms with Crippen LogP contribution < -0.4 is 19.1 Å². The molecule has 0 saturated carbocycles. The van der Waals surface area contributed by atoms with Crippen LogP contribution in [0, 0.1) is 5.82 Å². The molecule has 42 heavy (non-hydrogen) atoms. The van der Waals surface area contributed by atoms with E-state index in [0.29, 0.717) is 12.2 Å². The number of sulfonamides is 1. The van der Waals surface area contributed by atoms with Crippen molar-refractivity contribution in [3.05, 3.63) is 77.7 Å². The van der Waals surface area contributed by atoms with Gasteiger partial charge in [0.05, 0.1) is 29.5 Å². The molecule has 0 bridgehead atoms. The molecule has 1 fully saturated rings. The van der Waals surface area contributed by atoms with E-state index < -0.39 is 27.2 Å². The van der Waals surface area contributed by atoms with E-state index in [9.17, 15) is 13.2 Å². The number of nitrogens with one attached hydrogen (secondary N) is 1. The summed E-state index contributed by atoms with van der Waals surface area (Å²) in [6, 6.07) is 15.0. The molecule has 2 aliphatic rings. The van der Waals surface area contributed by atoms with Gasteiger partial charge in [-0.2, -0.15) is 4.31 Å². The maximum atomic E-state index is 15.6. The number of ether oxygens (including phenoxy) is 2. The Morgan fingerprint density at radius 2 is 1.74 bits per heavy atom. The van der Waals surface area contributed by atoms with Crippen LogP contribution in [0.25, 0.3) is 0 Å². The smallest absolute Gasteiger partial charge is 0.271 e. The largest absolute Gasteiger partial charge is 0.491 e. The molecule has 1 aromatic heterocycles. The molecule has 2 aliphatic heterocycles. The quantitative estimate of drug-likeness (QED) is 0.330. The molecule has 3 heterocycles. The maximum Gasteiger partial charge on any atom is 0.271 e. The monoisotopic (exact) mass is 596 g/mol. The molecule has 224 valence electrons. The van der Waals surface area contributed by atoms with Gasteiger partial charge in [0.25, 0.3) is 15.9 Å². The van der Waals surface area contributed by atoms with E-state index in [-0.39, 0.29) is 40.2 Å². The number of piperazine rings is 1. The van der Waals surface area contributed by atoms with Crippen molar-refractivity contribution in [3.63, 3.8) is 0 Å². The molecule has 5 rings (SSSR count). The third-order valence-corrected chi connectivity index (χ3v) is 9.49. The van der Waals surface area contributed by atoms with Crippen molar-refractivity contribution >= 4 is 21.6 Å². The number of halogens is 1. The zero-order valence-corrected chi connectivity index (χ0v) is 25.0. The summed E-state index contributed by atoms with van der Waals surface area (Å²) in [5.41, 5.74) is -1.31. The molecule has 11 heteroatoms. The lowest BCUT2D eigenvalue weighted by molar-refractivity contribution is -0.121. The van der Waals surface area contributed by atoms with Gasteiger partial charge in [-0.15, -0.1) is 0 Å². The zero-order chi connectivity index (χ0) is 29.9. The van der Waals surface area contributed by atoms with Gasteiger partial charge in [-0.3, -0.25) is 4.79 Å². The average Bonchev–Trinajstić information content (AvgIpc) is 3.24. The highest BCUT2D eigenvalue weighted by molar-refractivity contribution is 7.93. The second-order valence-corrected chi connectivity index (χ2v) is 12.7. The minimum absolute atomic E-state index is 0.0863. The lowest BCUT2D eigenvalue weighted by Gasteiger charge is -2.30. The molecule has 1 amide bonds. The Morgan fingerprint density at radius 1 is 1.02 bits per heavy atom. The fourth-order valence-electron chi connectivity index (χ4n) is 5.79. The van der Waals surface area contributed by atoms with Gasteiger partial charge in [-0.05, 0) is 69.6 Å². The fourth-order valence-corrected chi connectivity index (χ4v) is 7.26. The molecule has 1 N–H and O–H groups in total. The minimum atomic E-state index is -4.40. The lowest BCUT2D eigenvalue weighted by atomic mass is 9.74. The predicted molar refractivity (Wildman–Crippen MR) is 158 cm³/mol. The summed E-state index contributed by atoms with van der Waals surface area (Å²) in [6.07, 6.45) is 1.40. The molecule has 1 unspecified atom stereocenters. The highest BCUT2D eigenvalue weighted by Gasteiger charge is 2.58. The topological polar surface area (TPSA) is 101 Å². The number of pyridine rings is 1. The van der Waals surface area contributed by atoms with E-state index in [0.717, 1.165) is 43.4 Å². The Labute approximate surface area is 246 Å². The first-order valence-corrected chi connectivity index (χ1v) is 15.7. The van der Waals surface area contributed by atoms with E-state index in [1.54, 1.807) is 30.3 Å². The number of nitrogens with zero attached hydrogens (tertiary/aromatic N) is 3. The van der Waals surface area contributed by atoms with Crippen LogP contribution in [0.1, 0.15) is 44.4 Å². The lowest BCUT2D eigenvalue weighted by Crippen LogP contribution is -2.45. The van der Waals surface area contributed by atoms with Crippen LogP contribution >= 0.6 is 0 Å². The first kappa shape index (κ1) is 29.9. The number of carbonyl (C=O) groups excluding carboxylic acids is 1.